The minimum Gasteiger partial charge on any atom is -0.481 e. The van der Waals surface area contributed by atoms with Crippen LogP contribution in [0.4, 0.5) is 13.2 Å². The van der Waals surface area contributed by atoms with Crippen LogP contribution in [0.1, 0.15) is 11.1 Å². The van der Waals surface area contributed by atoms with E-state index < -0.39 is 30.0 Å². The van der Waals surface area contributed by atoms with Gasteiger partial charge in [-0.15, -0.1) is 0 Å². The van der Waals surface area contributed by atoms with Gasteiger partial charge in [0, 0.05) is 12.5 Å². The lowest BCUT2D eigenvalue weighted by molar-refractivity contribution is -0.236. The molecular weight excluding hydrogens is 271 g/mol. The van der Waals surface area contributed by atoms with Gasteiger partial charge in [0.05, 0.1) is 0 Å². The van der Waals surface area contributed by atoms with Crippen LogP contribution in [0.2, 0.25) is 0 Å². The maximum atomic E-state index is 13.3. The number of hydrogen-bond acceptors (Lipinski definition) is 2. The van der Waals surface area contributed by atoms with E-state index in [1.807, 2.05) is 13.0 Å². The molecule has 1 heterocycles. The van der Waals surface area contributed by atoms with Crippen molar-refractivity contribution in [2.45, 2.75) is 19.5 Å². The third-order valence-corrected chi connectivity index (χ3v) is 3.94. The van der Waals surface area contributed by atoms with Crippen LogP contribution in [0, 0.1) is 18.3 Å². The summed E-state index contributed by atoms with van der Waals surface area (Å²) in [4.78, 5) is 11.3. The van der Waals surface area contributed by atoms with E-state index in [1.54, 1.807) is 18.2 Å². The molecule has 0 amide bonds. The zero-order valence-electron chi connectivity index (χ0n) is 11.0. The third kappa shape index (κ3) is 2.40. The number of carboxylic acid groups (broad SMARTS) is 1. The average molecular weight is 287 g/mol. The van der Waals surface area contributed by atoms with Crippen molar-refractivity contribution in [3.8, 4) is 0 Å². The summed E-state index contributed by atoms with van der Waals surface area (Å²) in [6, 6.07) is 7.14. The number of carboxylic acids is 1. The van der Waals surface area contributed by atoms with Crippen molar-refractivity contribution < 1.29 is 23.1 Å². The molecule has 0 aliphatic carbocycles. The quantitative estimate of drug-likeness (QED) is 0.897. The summed E-state index contributed by atoms with van der Waals surface area (Å²) >= 11 is 0. The maximum Gasteiger partial charge on any atom is 0.406 e. The van der Waals surface area contributed by atoms with Crippen molar-refractivity contribution in [3.63, 3.8) is 0 Å². The minimum absolute atomic E-state index is 0.0553. The minimum atomic E-state index is -4.77. The number of rotatable bonds is 3. The fourth-order valence-electron chi connectivity index (χ4n) is 2.84. The van der Waals surface area contributed by atoms with Crippen molar-refractivity contribution in [1.82, 2.24) is 5.32 Å². The van der Waals surface area contributed by atoms with Crippen LogP contribution < -0.4 is 5.32 Å². The van der Waals surface area contributed by atoms with Gasteiger partial charge in [0.25, 0.3) is 0 Å². The second-order valence-corrected chi connectivity index (χ2v) is 5.30. The summed E-state index contributed by atoms with van der Waals surface area (Å²) in [5.41, 5.74) is -1.02. The SMILES string of the molecule is Cc1cccc(C[C@@H]2CNC[C@]2(C(=O)O)C(F)(F)F)c1. The first kappa shape index (κ1) is 14.8. The Balaban J connectivity index is 2.32. The van der Waals surface area contributed by atoms with Crippen molar-refractivity contribution in [2.75, 3.05) is 13.1 Å². The molecule has 0 aromatic heterocycles. The van der Waals surface area contributed by atoms with E-state index in [0.717, 1.165) is 11.1 Å². The Kier molecular flexibility index (Phi) is 3.77. The van der Waals surface area contributed by atoms with Crippen LogP contribution in [-0.4, -0.2) is 30.3 Å². The monoisotopic (exact) mass is 287 g/mol. The molecule has 1 aliphatic rings. The van der Waals surface area contributed by atoms with Crippen molar-refractivity contribution in [1.29, 1.82) is 0 Å². The van der Waals surface area contributed by atoms with Gasteiger partial charge in [-0.1, -0.05) is 29.8 Å². The van der Waals surface area contributed by atoms with Gasteiger partial charge in [0.1, 0.15) is 0 Å². The number of aryl methyl sites for hydroxylation is 1. The molecule has 1 aromatic carbocycles. The summed E-state index contributed by atoms with van der Waals surface area (Å²) in [5.74, 6) is -2.80. The van der Waals surface area contributed by atoms with E-state index >= 15 is 0 Å². The lowest BCUT2D eigenvalue weighted by Crippen LogP contribution is -2.51. The van der Waals surface area contributed by atoms with Crippen LogP contribution >= 0.6 is 0 Å². The highest BCUT2D eigenvalue weighted by Gasteiger charge is 2.66. The lowest BCUT2D eigenvalue weighted by atomic mass is 9.74. The Morgan fingerprint density at radius 2 is 2.20 bits per heavy atom. The second kappa shape index (κ2) is 5.09. The first-order chi connectivity index (χ1) is 9.27. The van der Waals surface area contributed by atoms with E-state index in [2.05, 4.69) is 5.32 Å². The Labute approximate surface area is 114 Å². The summed E-state index contributed by atoms with van der Waals surface area (Å²) in [7, 11) is 0. The molecule has 3 nitrogen and oxygen atoms in total. The van der Waals surface area contributed by atoms with Gasteiger partial charge in [-0.05, 0) is 25.5 Å². The van der Waals surface area contributed by atoms with Crippen molar-refractivity contribution in [2.24, 2.45) is 11.3 Å². The molecule has 0 spiro atoms. The van der Waals surface area contributed by atoms with E-state index in [-0.39, 0.29) is 13.0 Å². The molecule has 1 fully saturated rings. The van der Waals surface area contributed by atoms with Crippen LogP contribution in [0.15, 0.2) is 24.3 Å². The Morgan fingerprint density at radius 1 is 1.50 bits per heavy atom. The van der Waals surface area contributed by atoms with Crippen LogP contribution in [-0.2, 0) is 11.2 Å². The lowest BCUT2D eigenvalue weighted by Gasteiger charge is -2.32. The smallest absolute Gasteiger partial charge is 0.406 e. The highest BCUT2D eigenvalue weighted by molar-refractivity contribution is 5.77. The van der Waals surface area contributed by atoms with Gasteiger partial charge in [0.15, 0.2) is 5.41 Å². The summed E-state index contributed by atoms with van der Waals surface area (Å²) in [5, 5.41) is 11.7. The molecule has 2 atom stereocenters. The summed E-state index contributed by atoms with van der Waals surface area (Å²) in [6.07, 6.45) is -4.67. The molecule has 2 N–H and O–H groups in total. The number of aliphatic carboxylic acids is 1. The Morgan fingerprint density at radius 3 is 2.75 bits per heavy atom. The fraction of sp³-hybridized carbons (Fsp3) is 0.500. The molecule has 1 saturated heterocycles. The first-order valence-corrected chi connectivity index (χ1v) is 6.34. The van der Waals surface area contributed by atoms with Crippen LogP contribution in [0.3, 0.4) is 0 Å². The van der Waals surface area contributed by atoms with Crippen LogP contribution in [0.25, 0.3) is 0 Å². The summed E-state index contributed by atoms with van der Waals surface area (Å²) in [6.45, 7) is 1.34. The Hall–Kier alpha value is -1.56. The summed E-state index contributed by atoms with van der Waals surface area (Å²) < 4.78 is 39.8. The zero-order valence-corrected chi connectivity index (χ0v) is 11.0. The standard InChI is InChI=1S/C14H16F3NO2/c1-9-3-2-4-10(5-9)6-11-7-18-8-13(11,12(19)20)14(15,16)17/h2-5,11,18H,6-8H2,1H3,(H,19,20)/t11-,13+/m1/s1. The number of alkyl halides is 3. The molecular formula is C14H16F3NO2. The van der Waals surface area contributed by atoms with E-state index in [1.165, 1.54) is 0 Å². The van der Waals surface area contributed by atoms with Gasteiger partial charge in [-0.25, -0.2) is 0 Å². The molecule has 0 bridgehead atoms. The Bertz CT molecular complexity index is 515. The van der Waals surface area contributed by atoms with Gasteiger partial charge < -0.3 is 10.4 Å². The number of halogens is 3. The van der Waals surface area contributed by atoms with Gasteiger partial charge >= 0.3 is 12.1 Å². The largest absolute Gasteiger partial charge is 0.481 e. The van der Waals surface area contributed by atoms with Gasteiger partial charge in [0.2, 0.25) is 0 Å². The first-order valence-electron chi connectivity index (χ1n) is 6.34. The topological polar surface area (TPSA) is 49.3 Å². The predicted molar refractivity (Wildman–Crippen MR) is 67.4 cm³/mol. The maximum absolute atomic E-state index is 13.3. The van der Waals surface area contributed by atoms with Crippen LogP contribution in [0.5, 0.6) is 0 Å². The van der Waals surface area contributed by atoms with E-state index in [0.29, 0.717) is 0 Å². The number of nitrogens with one attached hydrogen (secondary N) is 1. The molecule has 2 rings (SSSR count). The van der Waals surface area contributed by atoms with Gasteiger partial charge in [-0.2, -0.15) is 13.2 Å². The molecule has 6 heteroatoms. The van der Waals surface area contributed by atoms with E-state index in [9.17, 15) is 18.0 Å². The molecule has 0 saturated carbocycles. The molecule has 0 radical (unpaired) electrons. The predicted octanol–water partition coefficient (Wildman–Crippen LogP) is 2.39. The number of benzene rings is 1. The highest BCUT2D eigenvalue weighted by atomic mass is 19.4. The highest BCUT2D eigenvalue weighted by Crippen LogP contribution is 2.47. The molecule has 1 aliphatic heterocycles. The molecule has 1 aromatic rings. The third-order valence-electron chi connectivity index (χ3n) is 3.94. The van der Waals surface area contributed by atoms with E-state index in [4.69, 9.17) is 5.11 Å². The molecule has 20 heavy (non-hydrogen) atoms. The number of hydrogen-bond donors (Lipinski definition) is 2. The van der Waals surface area contributed by atoms with Crippen molar-refractivity contribution in [3.05, 3.63) is 35.4 Å². The molecule has 110 valence electrons. The number of carbonyl (C=O) groups is 1. The molecule has 0 unspecified atom stereocenters. The van der Waals surface area contributed by atoms with Gasteiger partial charge in [-0.3, -0.25) is 4.79 Å². The second-order valence-electron chi connectivity index (χ2n) is 5.30. The fourth-order valence-corrected chi connectivity index (χ4v) is 2.84. The normalized spacial score (nSPS) is 26.7. The van der Waals surface area contributed by atoms with Crippen molar-refractivity contribution >= 4 is 5.97 Å². The average Bonchev–Trinajstić information content (AvgIpc) is 2.73. The zero-order chi connectivity index (χ0) is 15.0.